The molecule has 3 aromatic rings. The maximum absolute atomic E-state index is 15.0. The fourth-order valence-electron chi connectivity index (χ4n) is 5.19. The summed E-state index contributed by atoms with van der Waals surface area (Å²) in [5.41, 5.74) is -0.699. The highest BCUT2D eigenvalue weighted by Crippen LogP contribution is 2.44. The summed E-state index contributed by atoms with van der Waals surface area (Å²) in [6.07, 6.45) is -12.6. The smallest absolute Gasteiger partial charge is 0.428 e. The molecule has 1 unspecified atom stereocenters. The summed E-state index contributed by atoms with van der Waals surface area (Å²) in [5.74, 6) is -0.261. The van der Waals surface area contributed by atoms with Crippen molar-refractivity contribution in [3.63, 3.8) is 0 Å². The second kappa shape index (κ2) is 15.2. The number of nitrogens with zero attached hydrogens (tertiary/aromatic N) is 3. The van der Waals surface area contributed by atoms with Crippen molar-refractivity contribution in [2.75, 3.05) is 7.05 Å². The third-order valence-electron chi connectivity index (χ3n) is 7.49. The third kappa shape index (κ3) is 9.29. The minimum absolute atomic E-state index is 0.0178. The molecule has 49 heavy (non-hydrogen) atoms. The van der Waals surface area contributed by atoms with E-state index < -0.39 is 58.7 Å². The lowest BCUT2D eigenvalue weighted by Crippen LogP contribution is -2.63. The van der Waals surface area contributed by atoms with Gasteiger partial charge < -0.3 is 23.7 Å². The Balaban J connectivity index is 1.53. The van der Waals surface area contributed by atoms with Crippen LogP contribution in [0.25, 0.3) is 0 Å². The lowest BCUT2D eigenvalue weighted by atomic mass is 9.93. The van der Waals surface area contributed by atoms with E-state index in [-0.39, 0.29) is 29.8 Å². The summed E-state index contributed by atoms with van der Waals surface area (Å²) in [6, 6.07) is 21.4. The fourth-order valence-corrected chi connectivity index (χ4v) is 6.35. The van der Waals surface area contributed by atoms with E-state index >= 15 is 13.2 Å². The van der Waals surface area contributed by atoms with Crippen LogP contribution >= 0.6 is 11.8 Å². The van der Waals surface area contributed by atoms with E-state index in [4.69, 9.17) is 28.7 Å². The number of ether oxygens (including phenoxy) is 5. The number of carbonyl (C=O) groups is 1. The zero-order valence-electron chi connectivity index (χ0n) is 27.1. The van der Waals surface area contributed by atoms with Gasteiger partial charge in [0.05, 0.1) is 18.1 Å². The van der Waals surface area contributed by atoms with Crippen LogP contribution in [0.1, 0.15) is 31.9 Å². The van der Waals surface area contributed by atoms with E-state index in [2.05, 4.69) is 0 Å². The molecule has 0 saturated carbocycles. The molecule has 0 aromatic heterocycles. The van der Waals surface area contributed by atoms with Gasteiger partial charge >= 0.3 is 12.3 Å². The first kappa shape index (κ1) is 36.1. The number of alkyl halides is 3. The topological polar surface area (TPSA) is 122 Å². The summed E-state index contributed by atoms with van der Waals surface area (Å²) >= 11 is 0.962. The molecule has 0 N–H and O–H groups in total. The first-order valence-electron chi connectivity index (χ1n) is 15.3. The Labute approximate surface area is 285 Å². The average Bonchev–Trinajstić information content (AvgIpc) is 3.48. The molecule has 0 bridgehead atoms. The van der Waals surface area contributed by atoms with Crippen molar-refractivity contribution in [3.8, 4) is 5.75 Å². The zero-order chi connectivity index (χ0) is 35.3. The number of benzene rings is 3. The highest BCUT2D eigenvalue weighted by molar-refractivity contribution is 8.14. The van der Waals surface area contributed by atoms with Crippen LogP contribution in [-0.2, 0) is 32.2 Å². The Morgan fingerprint density at radius 3 is 2.00 bits per heavy atom. The van der Waals surface area contributed by atoms with Crippen LogP contribution in [0.2, 0.25) is 0 Å². The number of amidine groups is 1. The molecule has 15 heteroatoms. The molecule has 6 atom stereocenters. The number of nitro benzene ring substituents is 1. The molecule has 1 amide bonds. The van der Waals surface area contributed by atoms with Gasteiger partial charge in [-0.15, -0.1) is 0 Å². The minimum atomic E-state index is -4.99. The highest BCUT2D eigenvalue weighted by Gasteiger charge is 2.60. The number of carbonyl (C=O) groups excluding carboxylic acids is 1. The molecule has 0 spiro atoms. The molecule has 1 saturated heterocycles. The number of hydrogen-bond donors (Lipinski definition) is 0. The number of aliphatic imine (C=N–C) groups is 1. The second-order valence-corrected chi connectivity index (χ2v) is 13.4. The van der Waals surface area contributed by atoms with Crippen LogP contribution in [0, 0.1) is 10.1 Å². The first-order chi connectivity index (χ1) is 23.2. The van der Waals surface area contributed by atoms with Gasteiger partial charge in [0, 0.05) is 19.2 Å². The normalized spacial score (nSPS) is 22.8. The standard InChI is InChI=1S/C34H36F3N3O8S/c1-33(2,3)48-32(41)39(4)31-38-25-26(44-19-21-11-7-5-8-12-21)27(45-20-22-13-9-6-10-14-22)28(47-30(25)49-31)29(34(35,36)37)46-24-17-15-23(16-18-24)40(42)43/h5-18,25-30H,19-20H2,1-4H3/t25-,26-,27+,28+,29?,30-/m1/s1. The quantitative estimate of drug-likeness (QED) is 0.160. The highest BCUT2D eigenvalue weighted by atomic mass is 32.2. The SMILES string of the molecule is CN(C(=O)OC(C)(C)C)C1=N[C@@H]2[C@@H](OCc3ccccc3)[C@H](OCc3ccccc3)[C@@H](C(Oc3ccc([N+](=O)[O-])cc3)C(F)(F)F)O[C@@H]2S1. The van der Waals surface area contributed by atoms with E-state index in [9.17, 15) is 14.9 Å². The van der Waals surface area contributed by atoms with Crippen LogP contribution in [0.4, 0.5) is 23.7 Å². The minimum Gasteiger partial charge on any atom is -0.478 e. The van der Waals surface area contributed by atoms with Gasteiger partial charge in [0.15, 0.2) is 5.17 Å². The predicted octanol–water partition coefficient (Wildman–Crippen LogP) is 7.14. The molecule has 0 aliphatic carbocycles. The number of non-ortho nitro benzene ring substituents is 1. The van der Waals surface area contributed by atoms with Gasteiger partial charge in [-0.05, 0) is 44.0 Å². The van der Waals surface area contributed by atoms with Gasteiger partial charge in [-0.2, -0.15) is 13.2 Å². The van der Waals surface area contributed by atoms with Crippen molar-refractivity contribution >= 4 is 28.7 Å². The number of fused-ring (bicyclic) bond motifs is 1. The molecule has 262 valence electrons. The Hall–Kier alpha value is -4.18. The Morgan fingerprint density at radius 1 is 0.939 bits per heavy atom. The largest absolute Gasteiger partial charge is 0.478 e. The van der Waals surface area contributed by atoms with Gasteiger partial charge in [0.2, 0.25) is 6.10 Å². The average molecular weight is 704 g/mol. The second-order valence-electron chi connectivity index (χ2n) is 12.4. The van der Waals surface area contributed by atoms with Crippen LogP contribution < -0.4 is 4.74 Å². The summed E-state index contributed by atoms with van der Waals surface area (Å²) in [6.45, 7) is 5.06. The maximum Gasteiger partial charge on any atom is 0.428 e. The number of thioether (sulfide) groups is 1. The first-order valence-corrected chi connectivity index (χ1v) is 16.2. The van der Waals surface area contributed by atoms with Crippen molar-refractivity contribution in [2.24, 2.45) is 4.99 Å². The molecule has 2 aliphatic rings. The lowest BCUT2D eigenvalue weighted by molar-refractivity contribution is -0.384. The molecular weight excluding hydrogens is 667 g/mol. The zero-order valence-corrected chi connectivity index (χ0v) is 27.9. The van der Waals surface area contributed by atoms with Gasteiger partial charge in [-0.3, -0.25) is 20.0 Å². The van der Waals surface area contributed by atoms with Gasteiger partial charge in [-0.25, -0.2) is 4.79 Å². The number of amides is 1. The van der Waals surface area contributed by atoms with Gasteiger partial charge in [0.1, 0.15) is 41.1 Å². The molecular formula is C34H36F3N3O8S. The summed E-state index contributed by atoms with van der Waals surface area (Å²) in [4.78, 5) is 29.3. The molecule has 5 rings (SSSR count). The summed E-state index contributed by atoms with van der Waals surface area (Å²) in [5, 5.41) is 11.3. The van der Waals surface area contributed by atoms with Crippen molar-refractivity contribution in [3.05, 3.63) is 106 Å². The maximum atomic E-state index is 15.0. The molecule has 2 heterocycles. The lowest BCUT2D eigenvalue weighted by Gasteiger charge is -2.45. The van der Waals surface area contributed by atoms with Crippen LogP contribution in [-0.4, -0.2) is 75.8 Å². The Kier molecular flexibility index (Phi) is 11.2. The van der Waals surface area contributed by atoms with Gasteiger partial charge in [0.25, 0.3) is 5.69 Å². The molecule has 0 radical (unpaired) electrons. The van der Waals surface area contributed by atoms with E-state index in [0.29, 0.717) is 5.56 Å². The summed E-state index contributed by atoms with van der Waals surface area (Å²) < 4.78 is 74.9. The fraction of sp³-hybridized carbons (Fsp3) is 0.412. The van der Waals surface area contributed by atoms with Gasteiger partial charge in [-0.1, -0.05) is 72.4 Å². The van der Waals surface area contributed by atoms with Crippen molar-refractivity contribution in [1.82, 2.24) is 4.90 Å². The van der Waals surface area contributed by atoms with Crippen LogP contribution in [0.5, 0.6) is 5.75 Å². The van der Waals surface area contributed by atoms with E-state index in [0.717, 1.165) is 41.6 Å². The van der Waals surface area contributed by atoms with Crippen LogP contribution in [0.3, 0.4) is 0 Å². The number of nitro groups is 1. The summed E-state index contributed by atoms with van der Waals surface area (Å²) in [7, 11) is 1.45. The number of hydrogen-bond acceptors (Lipinski definition) is 10. The molecule has 11 nitrogen and oxygen atoms in total. The van der Waals surface area contributed by atoms with Crippen molar-refractivity contribution in [2.45, 2.75) is 81.7 Å². The predicted molar refractivity (Wildman–Crippen MR) is 175 cm³/mol. The van der Waals surface area contributed by atoms with E-state index in [1.807, 2.05) is 30.3 Å². The molecule has 3 aromatic carbocycles. The van der Waals surface area contributed by atoms with E-state index in [1.165, 1.54) is 11.9 Å². The monoisotopic (exact) mass is 703 g/mol. The Morgan fingerprint density at radius 2 is 1.49 bits per heavy atom. The number of halogens is 3. The number of rotatable bonds is 10. The van der Waals surface area contributed by atoms with E-state index in [1.54, 1.807) is 51.1 Å². The molecule has 2 aliphatic heterocycles. The molecule has 1 fully saturated rings. The third-order valence-corrected chi connectivity index (χ3v) is 8.70. The van der Waals surface area contributed by atoms with Crippen molar-refractivity contribution < 1.29 is 46.6 Å². The van der Waals surface area contributed by atoms with Crippen molar-refractivity contribution in [1.29, 1.82) is 0 Å². The van der Waals surface area contributed by atoms with Crippen LogP contribution in [0.15, 0.2) is 89.9 Å². The Bertz CT molecular complexity index is 1610.